The molecule has 3 aromatic rings. The zero-order valence-corrected chi connectivity index (χ0v) is 12.7. The van der Waals surface area contributed by atoms with Crippen molar-refractivity contribution in [1.29, 1.82) is 0 Å². The number of halogens is 1. The van der Waals surface area contributed by atoms with Crippen LogP contribution in [0.25, 0.3) is 11.0 Å². The number of rotatable bonds is 6. The first-order valence-corrected chi connectivity index (χ1v) is 7.15. The second-order valence-electron chi connectivity index (χ2n) is 4.36. The number of aromatic nitrogens is 6. The van der Waals surface area contributed by atoms with E-state index in [0.29, 0.717) is 36.9 Å². The van der Waals surface area contributed by atoms with Gasteiger partial charge in [-0.3, -0.25) is 4.68 Å². The number of nitrogens with zero attached hydrogens (tertiary/aromatic N) is 6. The molecule has 0 saturated heterocycles. The van der Waals surface area contributed by atoms with E-state index in [1.165, 1.54) is 6.33 Å². The fourth-order valence-electron chi connectivity index (χ4n) is 2.01. The van der Waals surface area contributed by atoms with Gasteiger partial charge in [-0.25, -0.2) is 15.0 Å². The molecule has 0 saturated carbocycles. The van der Waals surface area contributed by atoms with E-state index >= 15 is 0 Å². The Balaban J connectivity index is 1.98. The summed E-state index contributed by atoms with van der Waals surface area (Å²) in [6.45, 7) is 3.77. The Hall–Kier alpha value is -2.32. The van der Waals surface area contributed by atoms with E-state index in [0.717, 1.165) is 5.52 Å². The zero-order valence-electron chi connectivity index (χ0n) is 11.9. The molecule has 0 fully saturated rings. The number of anilines is 2. The summed E-state index contributed by atoms with van der Waals surface area (Å²) >= 11 is 5.97. The highest BCUT2D eigenvalue weighted by Gasteiger charge is 2.13. The van der Waals surface area contributed by atoms with Gasteiger partial charge in [0.25, 0.3) is 0 Å². The molecule has 0 atom stereocenters. The lowest BCUT2D eigenvalue weighted by molar-refractivity contribution is 0.137. The Labute approximate surface area is 131 Å². The number of ether oxygens (including phenoxy) is 1. The van der Waals surface area contributed by atoms with Gasteiger partial charge in [-0.15, -0.1) is 0 Å². The summed E-state index contributed by atoms with van der Waals surface area (Å²) in [5.74, 6) is 1.16. The standard InChI is InChI=1S/C13H14ClN7O/c1-2-22-6-5-21-11-9(7-17-21)18-13(14)20-12(11)19-10-3-4-15-8-16-10/h3-4,7-8H,2,5-6H2,1H3,(H,15,16,18,19,20). The van der Waals surface area contributed by atoms with Crippen molar-refractivity contribution < 1.29 is 4.74 Å². The molecule has 0 aromatic carbocycles. The van der Waals surface area contributed by atoms with Gasteiger partial charge in [0, 0.05) is 12.8 Å². The molecule has 3 aromatic heterocycles. The average Bonchev–Trinajstić information content (AvgIpc) is 2.91. The molecule has 0 bridgehead atoms. The Morgan fingerprint density at radius 1 is 1.36 bits per heavy atom. The molecule has 3 heterocycles. The van der Waals surface area contributed by atoms with Gasteiger partial charge < -0.3 is 10.1 Å². The van der Waals surface area contributed by atoms with Gasteiger partial charge in [-0.1, -0.05) is 0 Å². The highest BCUT2D eigenvalue weighted by molar-refractivity contribution is 6.28. The molecule has 1 N–H and O–H groups in total. The van der Waals surface area contributed by atoms with Gasteiger partial charge in [0.05, 0.1) is 19.3 Å². The number of fused-ring (bicyclic) bond motifs is 1. The summed E-state index contributed by atoms with van der Waals surface area (Å²) in [7, 11) is 0. The molecule has 0 aliphatic heterocycles. The van der Waals surface area contributed by atoms with E-state index in [1.807, 2.05) is 6.92 Å². The van der Waals surface area contributed by atoms with E-state index in [-0.39, 0.29) is 5.28 Å². The number of hydrogen-bond donors (Lipinski definition) is 1. The Morgan fingerprint density at radius 2 is 2.27 bits per heavy atom. The van der Waals surface area contributed by atoms with Crippen molar-refractivity contribution in [2.45, 2.75) is 13.5 Å². The maximum Gasteiger partial charge on any atom is 0.225 e. The monoisotopic (exact) mass is 319 g/mol. The lowest BCUT2D eigenvalue weighted by Gasteiger charge is -2.09. The van der Waals surface area contributed by atoms with Gasteiger partial charge in [-0.2, -0.15) is 10.1 Å². The average molecular weight is 320 g/mol. The highest BCUT2D eigenvalue weighted by atomic mass is 35.5. The maximum absolute atomic E-state index is 5.97. The fraction of sp³-hybridized carbons (Fsp3) is 0.308. The molecule has 0 aliphatic rings. The summed E-state index contributed by atoms with van der Waals surface area (Å²) in [6.07, 6.45) is 4.75. The summed E-state index contributed by atoms with van der Waals surface area (Å²) in [5, 5.41) is 7.58. The molecule has 0 amide bonds. The third kappa shape index (κ3) is 3.12. The van der Waals surface area contributed by atoms with Crippen molar-refractivity contribution in [3.63, 3.8) is 0 Å². The molecular weight excluding hydrogens is 306 g/mol. The minimum absolute atomic E-state index is 0.147. The van der Waals surface area contributed by atoms with Gasteiger partial charge in [-0.05, 0) is 24.6 Å². The molecule has 0 spiro atoms. The first-order valence-electron chi connectivity index (χ1n) is 6.77. The summed E-state index contributed by atoms with van der Waals surface area (Å²) in [4.78, 5) is 16.4. The van der Waals surface area contributed by atoms with E-state index in [4.69, 9.17) is 16.3 Å². The Kier molecular flexibility index (Phi) is 4.40. The molecule has 8 nitrogen and oxygen atoms in total. The van der Waals surface area contributed by atoms with Crippen LogP contribution in [0.5, 0.6) is 0 Å². The van der Waals surface area contributed by atoms with Crippen LogP contribution in [0.15, 0.2) is 24.8 Å². The van der Waals surface area contributed by atoms with E-state index < -0.39 is 0 Å². The SMILES string of the molecule is CCOCCn1ncc2nc(Cl)nc(Nc3ccncn3)c21. The van der Waals surface area contributed by atoms with Crippen LogP contribution in [-0.2, 0) is 11.3 Å². The van der Waals surface area contributed by atoms with Crippen molar-refractivity contribution >= 4 is 34.3 Å². The maximum atomic E-state index is 5.97. The molecule has 9 heteroatoms. The Morgan fingerprint density at radius 3 is 3.05 bits per heavy atom. The molecule has 0 unspecified atom stereocenters. The first-order chi connectivity index (χ1) is 10.8. The molecule has 0 aliphatic carbocycles. The van der Waals surface area contributed by atoms with E-state index in [1.54, 1.807) is 23.1 Å². The highest BCUT2D eigenvalue weighted by Crippen LogP contribution is 2.24. The molecule has 22 heavy (non-hydrogen) atoms. The van der Waals surface area contributed by atoms with Crippen LogP contribution in [0.3, 0.4) is 0 Å². The summed E-state index contributed by atoms with van der Waals surface area (Å²) in [5.41, 5.74) is 1.41. The predicted molar refractivity (Wildman–Crippen MR) is 82.1 cm³/mol. The third-order valence-corrected chi connectivity index (χ3v) is 3.11. The van der Waals surface area contributed by atoms with E-state index in [9.17, 15) is 0 Å². The normalized spacial score (nSPS) is 11.0. The molecule has 0 radical (unpaired) electrons. The van der Waals surface area contributed by atoms with Gasteiger partial charge >= 0.3 is 0 Å². The minimum Gasteiger partial charge on any atom is -0.380 e. The zero-order chi connectivity index (χ0) is 15.4. The lowest BCUT2D eigenvalue weighted by atomic mass is 10.4. The number of nitrogens with one attached hydrogen (secondary N) is 1. The van der Waals surface area contributed by atoms with Crippen LogP contribution in [0, 0.1) is 0 Å². The first kappa shape index (κ1) is 14.6. The van der Waals surface area contributed by atoms with Crippen molar-refractivity contribution in [2.75, 3.05) is 18.5 Å². The van der Waals surface area contributed by atoms with Gasteiger partial charge in [0.15, 0.2) is 5.82 Å². The van der Waals surface area contributed by atoms with Crippen molar-refractivity contribution in [3.05, 3.63) is 30.1 Å². The van der Waals surface area contributed by atoms with Crippen LogP contribution in [0.1, 0.15) is 6.92 Å². The van der Waals surface area contributed by atoms with Gasteiger partial charge in [0.1, 0.15) is 23.2 Å². The van der Waals surface area contributed by atoms with E-state index in [2.05, 4.69) is 30.4 Å². The lowest BCUT2D eigenvalue weighted by Crippen LogP contribution is -2.09. The molecule has 3 rings (SSSR count). The summed E-state index contributed by atoms with van der Waals surface area (Å²) < 4.78 is 7.15. The topological polar surface area (TPSA) is 90.6 Å². The third-order valence-electron chi connectivity index (χ3n) is 2.94. The number of hydrogen-bond acceptors (Lipinski definition) is 7. The second-order valence-corrected chi connectivity index (χ2v) is 4.70. The molecule has 114 valence electrons. The van der Waals surface area contributed by atoms with Crippen LogP contribution in [0.4, 0.5) is 11.6 Å². The van der Waals surface area contributed by atoms with Gasteiger partial charge in [0.2, 0.25) is 5.28 Å². The predicted octanol–water partition coefficient (Wildman–Crippen LogP) is 2.05. The van der Waals surface area contributed by atoms with Crippen LogP contribution in [-0.4, -0.2) is 42.9 Å². The quantitative estimate of drug-likeness (QED) is 0.549. The van der Waals surface area contributed by atoms with Crippen molar-refractivity contribution in [2.24, 2.45) is 0 Å². The molecular formula is C13H14ClN7O. The van der Waals surface area contributed by atoms with Crippen LogP contribution >= 0.6 is 11.6 Å². The van der Waals surface area contributed by atoms with Crippen LogP contribution < -0.4 is 5.32 Å². The largest absolute Gasteiger partial charge is 0.380 e. The second kappa shape index (κ2) is 6.63. The Bertz CT molecular complexity index is 762. The van der Waals surface area contributed by atoms with Crippen LogP contribution in [0.2, 0.25) is 5.28 Å². The minimum atomic E-state index is 0.147. The summed E-state index contributed by atoms with van der Waals surface area (Å²) in [6, 6.07) is 1.74. The van der Waals surface area contributed by atoms with Crippen molar-refractivity contribution in [1.82, 2.24) is 29.7 Å². The van der Waals surface area contributed by atoms with Crippen molar-refractivity contribution in [3.8, 4) is 0 Å². The smallest absolute Gasteiger partial charge is 0.225 e. The fourth-order valence-corrected chi connectivity index (χ4v) is 2.18.